The summed E-state index contributed by atoms with van der Waals surface area (Å²) in [6, 6.07) is 0.372. The van der Waals surface area contributed by atoms with Crippen LogP contribution in [0.25, 0.3) is 0 Å². The van der Waals surface area contributed by atoms with Gasteiger partial charge in [0.25, 0.3) is 0 Å². The first kappa shape index (κ1) is 18.0. The summed E-state index contributed by atoms with van der Waals surface area (Å²) in [6.45, 7) is 8.12. The third-order valence-corrected chi connectivity index (χ3v) is 4.47. The van der Waals surface area contributed by atoms with Crippen LogP contribution in [0.2, 0.25) is 0 Å². The largest absolute Gasteiger partial charge is 0.355 e. The van der Waals surface area contributed by atoms with Crippen LogP contribution in [0, 0.1) is 5.92 Å². The molecule has 1 aliphatic rings. The third-order valence-electron chi connectivity index (χ3n) is 4.47. The van der Waals surface area contributed by atoms with Crippen molar-refractivity contribution in [3.63, 3.8) is 0 Å². The number of hydrogen-bond acceptors (Lipinski definition) is 3. The lowest BCUT2D eigenvalue weighted by atomic mass is 9.87. The van der Waals surface area contributed by atoms with E-state index in [4.69, 9.17) is 0 Å². The number of likely N-dealkylation sites (N-methyl/N-ethyl adjacent to an activating group) is 3. The highest BCUT2D eigenvalue weighted by atomic mass is 16.2. The summed E-state index contributed by atoms with van der Waals surface area (Å²) in [5, 5.41) is 2.78. The molecule has 21 heavy (non-hydrogen) atoms. The zero-order valence-corrected chi connectivity index (χ0v) is 14.0. The van der Waals surface area contributed by atoms with Gasteiger partial charge in [0.2, 0.25) is 11.8 Å². The average Bonchev–Trinajstić information content (AvgIpc) is 2.46. The van der Waals surface area contributed by atoms with Crippen molar-refractivity contribution in [2.45, 2.75) is 52.5 Å². The van der Waals surface area contributed by atoms with E-state index in [1.165, 1.54) is 12.8 Å². The van der Waals surface area contributed by atoms with Gasteiger partial charge in [-0.2, -0.15) is 0 Å². The smallest absolute Gasteiger partial charge is 0.236 e. The van der Waals surface area contributed by atoms with Crippen molar-refractivity contribution in [1.82, 2.24) is 15.1 Å². The first-order valence-electron chi connectivity index (χ1n) is 8.22. The van der Waals surface area contributed by atoms with E-state index in [2.05, 4.69) is 12.2 Å². The minimum absolute atomic E-state index is 0.0127. The Balaban J connectivity index is 2.43. The fourth-order valence-corrected chi connectivity index (χ4v) is 2.87. The molecule has 0 aromatic heterocycles. The van der Waals surface area contributed by atoms with Gasteiger partial charge in [-0.3, -0.25) is 14.5 Å². The average molecular weight is 297 g/mol. The number of rotatable bonds is 7. The van der Waals surface area contributed by atoms with Crippen LogP contribution in [0.15, 0.2) is 0 Å². The molecule has 1 saturated carbocycles. The van der Waals surface area contributed by atoms with Crippen molar-refractivity contribution in [2.24, 2.45) is 5.92 Å². The fraction of sp³-hybridized carbons (Fsp3) is 0.875. The predicted molar refractivity (Wildman–Crippen MR) is 85.0 cm³/mol. The first-order chi connectivity index (χ1) is 9.97. The molecule has 2 amide bonds. The van der Waals surface area contributed by atoms with Crippen LogP contribution in [0.4, 0.5) is 0 Å². The van der Waals surface area contributed by atoms with Crippen molar-refractivity contribution in [3.05, 3.63) is 0 Å². The Morgan fingerprint density at radius 1 is 1.10 bits per heavy atom. The second kappa shape index (κ2) is 9.03. The Morgan fingerprint density at radius 3 is 2.24 bits per heavy atom. The Labute approximate surface area is 129 Å². The van der Waals surface area contributed by atoms with Gasteiger partial charge in [-0.25, -0.2) is 0 Å². The summed E-state index contributed by atoms with van der Waals surface area (Å²) in [5.41, 5.74) is 0. The topological polar surface area (TPSA) is 52.7 Å². The Hall–Kier alpha value is -1.10. The highest BCUT2D eigenvalue weighted by Gasteiger charge is 2.25. The summed E-state index contributed by atoms with van der Waals surface area (Å²) in [7, 11) is 1.91. The highest BCUT2D eigenvalue weighted by molar-refractivity contribution is 5.81. The summed E-state index contributed by atoms with van der Waals surface area (Å²) in [6.07, 6.45) is 4.62. The Kier molecular flexibility index (Phi) is 7.72. The molecule has 0 atom stereocenters. The van der Waals surface area contributed by atoms with Gasteiger partial charge in [0.15, 0.2) is 0 Å². The monoisotopic (exact) mass is 297 g/mol. The normalized spacial score (nSPS) is 22.1. The first-order valence-corrected chi connectivity index (χ1v) is 8.22. The molecule has 5 nitrogen and oxygen atoms in total. The number of amides is 2. The molecule has 0 spiro atoms. The van der Waals surface area contributed by atoms with Crippen LogP contribution in [-0.2, 0) is 9.59 Å². The summed E-state index contributed by atoms with van der Waals surface area (Å²) < 4.78 is 0. The van der Waals surface area contributed by atoms with E-state index in [0.29, 0.717) is 32.2 Å². The fourth-order valence-electron chi connectivity index (χ4n) is 2.87. The number of hydrogen-bond donors (Lipinski definition) is 1. The van der Waals surface area contributed by atoms with Crippen LogP contribution in [0.3, 0.4) is 0 Å². The molecule has 0 unspecified atom stereocenters. The lowest BCUT2D eigenvalue weighted by Crippen LogP contribution is -2.46. The Morgan fingerprint density at radius 2 is 1.71 bits per heavy atom. The molecule has 0 saturated heterocycles. The predicted octanol–water partition coefficient (Wildman–Crippen LogP) is 1.48. The molecule has 5 heteroatoms. The third kappa shape index (κ3) is 6.04. The quantitative estimate of drug-likeness (QED) is 0.774. The van der Waals surface area contributed by atoms with E-state index < -0.39 is 0 Å². The van der Waals surface area contributed by atoms with Crippen LogP contribution in [0.5, 0.6) is 0 Å². The van der Waals surface area contributed by atoms with E-state index >= 15 is 0 Å². The van der Waals surface area contributed by atoms with E-state index in [0.717, 1.165) is 18.8 Å². The van der Waals surface area contributed by atoms with Gasteiger partial charge in [0.1, 0.15) is 0 Å². The van der Waals surface area contributed by atoms with E-state index in [1.54, 1.807) is 0 Å². The van der Waals surface area contributed by atoms with Crippen molar-refractivity contribution >= 4 is 11.8 Å². The molecule has 0 heterocycles. The zero-order valence-electron chi connectivity index (χ0n) is 14.0. The molecule has 0 aliphatic heterocycles. The summed E-state index contributed by atoms with van der Waals surface area (Å²) >= 11 is 0. The summed E-state index contributed by atoms with van der Waals surface area (Å²) in [4.78, 5) is 27.8. The zero-order chi connectivity index (χ0) is 15.8. The molecular weight excluding hydrogens is 266 g/mol. The number of carbonyl (C=O) groups excluding carboxylic acids is 2. The Bertz CT molecular complexity index is 338. The second-order valence-electron chi connectivity index (χ2n) is 6.18. The highest BCUT2D eigenvalue weighted by Crippen LogP contribution is 2.26. The lowest BCUT2D eigenvalue weighted by molar-refractivity contribution is -0.134. The van der Waals surface area contributed by atoms with E-state index in [1.807, 2.05) is 30.7 Å². The number of nitrogens with one attached hydrogen (secondary N) is 1. The van der Waals surface area contributed by atoms with Gasteiger partial charge < -0.3 is 10.2 Å². The van der Waals surface area contributed by atoms with Crippen molar-refractivity contribution in [1.29, 1.82) is 0 Å². The molecule has 0 aromatic carbocycles. The van der Waals surface area contributed by atoms with E-state index in [-0.39, 0.29) is 11.8 Å². The van der Waals surface area contributed by atoms with Gasteiger partial charge in [0, 0.05) is 19.6 Å². The molecule has 1 fully saturated rings. The number of carbonyl (C=O) groups is 2. The molecule has 0 aromatic rings. The molecule has 122 valence electrons. The van der Waals surface area contributed by atoms with Gasteiger partial charge in [-0.15, -0.1) is 0 Å². The lowest BCUT2D eigenvalue weighted by Gasteiger charge is -2.34. The maximum atomic E-state index is 12.4. The van der Waals surface area contributed by atoms with Gasteiger partial charge in [0.05, 0.1) is 13.1 Å². The van der Waals surface area contributed by atoms with Crippen LogP contribution < -0.4 is 5.32 Å². The van der Waals surface area contributed by atoms with Gasteiger partial charge in [-0.1, -0.05) is 13.8 Å². The summed E-state index contributed by atoms with van der Waals surface area (Å²) in [5.74, 6) is 0.900. The van der Waals surface area contributed by atoms with Crippen molar-refractivity contribution in [2.75, 3.05) is 33.2 Å². The minimum atomic E-state index is -0.0127. The molecule has 1 N–H and O–H groups in total. The van der Waals surface area contributed by atoms with Crippen LogP contribution >= 0.6 is 0 Å². The minimum Gasteiger partial charge on any atom is -0.355 e. The maximum Gasteiger partial charge on any atom is 0.236 e. The number of nitrogens with zero attached hydrogens (tertiary/aromatic N) is 2. The van der Waals surface area contributed by atoms with Crippen LogP contribution in [0.1, 0.15) is 46.5 Å². The molecule has 0 radical (unpaired) electrons. The standard InChI is InChI=1S/C16H31N3O2/c1-5-17-15(20)11-19(6-2)12-16(21)18(4)14-9-7-13(3)8-10-14/h13-14H,5-12H2,1-4H3,(H,17,20). The molecular formula is C16H31N3O2. The van der Waals surface area contributed by atoms with E-state index in [9.17, 15) is 9.59 Å². The van der Waals surface area contributed by atoms with Gasteiger partial charge in [-0.05, 0) is 45.1 Å². The molecule has 1 aliphatic carbocycles. The van der Waals surface area contributed by atoms with Crippen LogP contribution in [-0.4, -0.2) is 60.9 Å². The molecule has 1 rings (SSSR count). The SMILES string of the molecule is CCNC(=O)CN(CC)CC(=O)N(C)C1CCC(C)CC1. The van der Waals surface area contributed by atoms with Crippen molar-refractivity contribution < 1.29 is 9.59 Å². The molecule has 0 bridgehead atoms. The van der Waals surface area contributed by atoms with Gasteiger partial charge >= 0.3 is 0 Å². The second-order valence-corrected chi connectivity index (χ2v) is 6.18. The maximum absolute atomic E-state index is 12.4. The van der Waals surface area contributed by atoms with Crippen molar-refractivity contribution in [3.8, 4) is 0 Å².